The lowest BCUT2D eigenvalue weighted by molar-refractivity contribution is 0.102. The molecular weight excluding hydrogens is 350 g/mol. The molecule has 2 aromatic carbocycles. The molecule has 0 radical (unpaired) electrons. The van der Waals surface area contributed by atoms with E-state index in [1.807, 2.05) is 18.2 Å². The smallest absolute Gasteiger partial charge is 0.261 e. The van der Waals surface area contributed by atoms with Crippen molar-refractivity contribution in [2.24, 2.45) is 0 Å². The Kier molecular flexibility index (Phi) is 4.73. The molecule has 1 aliphatic heterocycles. The van der Waals surface area contributed by atoms with Crippen LogP contribution in [0.2, 0.25) is 0 Å². The van der Waals surface area contributed by atoms with Gasteiger partial charge in [0, 0.05) is 18.8 Å². The fourth-order valence-electron chi connectivity index (χ4n) is 2.98. The summed E-state index contributed by atoms with van der Waals surface area (Å²) in [6.45, 7) is 3.28. The third-order valence-corrected chi connectivity index (χ3v) is 5.25. The first-order valence-corrected chi connectivity index (χ1v) is 9.24. The zero-order chi connectivity index (χ0) is 17.9. The van der Waals surface area contributed by atoms with E-state index in [4.69, 9.17) is 9.47 Å². The summed E-state index contributed by atoms with van der Waals surface area (Å²) in [5, 5.41) is 3.45. The highest BCUT2D eigenvalue weighted by Gasteiger charge is 2.16. The van der Waals surface area contributed by atoms with Crippen LogP contribution in [-0.4, -0.2) is 44.3 Å². The lowest BCUT2D eigenvalue weighted by atomic mass is 10.2. The Hall–Kier alpha value is -2.64. The van der Waals surface area contributed by atoms with Gasteiger partial charge < -0.3 is 14.4 Å². The van der Waals surface area contributed by atoms with Gasteiger partial charge in [-0.05, 0) is 30.3 Å². The molecule has 134 valence electrons. The monoisotopic (exact) mass is 369 g/mol. The van der Waals surface area contributed by atoms with Crippen LogP contribution in [0.3, 0.4) is 0 Å². The second kappa shape index (κ2) is 7.31. The van der Waals surface area contributed by atoms with E-state index in [0.29, 0.717) is 16.4 Å². The second-order valence-electron chi connectivity index (χ2n) is 5.92. The SMILES string of the molecule is COc1ccccc1C(=O)Nc1nc2ccc(N3CCOCC3)cc2s1. The van der Waals surface area contributed by atoms with Crippen molar-refractivity contribution in [2.75, 3.05) is 43.6 Å². The van der Waals surface area contributed by atoms with E-state index < -0.39 is 0 Å². The van der Waals surface area contributed by atoms with Crippen molar-refractivity contribution in [3.05, 3.63) is 48.0 Å². The number of aromatic nitrogens is 1. The molecule has 0 bridgehead atoms. The van der Waals surface area contributed by atoms with Gasteiger partial charge >= 0.3 is 0 Å². The molecule has 7 heteroatoms. The number of nitrogens with one attached hydrogen (secondary N) is 1. The van der Waals surface area contributed by atoms with Crippen LogP contribution < -0.4 is 15.0 Å². The number of hydrogen-bond donors (Lipinski definition) is 1. The molecule has 0 saturated carbocycles. The first-order chi connectivity index (χ1) is 12.7. The number of methoxy groups -OCH3 is 1. The summed E-state index contributed by atoms with van der Waals surface area (Å²) in [6.07, 6.45) is 0. The molecule has 1 amide bonds. The minimum absolute atomic E-state index is 0.227. The van der Waals surface area contributed by atoms with Gasteiger partial charge in [0.2, 0.25) is 0 Å². The maximum absolute atomic E-state index is 12.5. The van der Waals surface area contributed by atoms with Crippen molar-refractivity contribution < 1.29 is 14.3 Å². The van der Waals surface area contributed by atoms with Crippen LogP contribution >= 0.6 is 11.3 Å². The molecule has 26 heavy (non-hydrogen) atoms. The quantitative estimate of drug-likeness (QED) is 0.764. The van der Waals surface area contributed by atoms with Crippen molar-refractivity contribution in [2.45, 2.75) is 0 Å². The largest absolute Gasteiger partial charge is 0.496 e. The zero-order valence-corrected chi connectivity index (χ0v) is 15.2. The fraction of sp³-hybridized carbons (Fsp3) is 0.263. The topological polar surface area (TPSA) is 63.7 Å². The molecule has 1 aliphatic rings. The zero-order valence-electron chi connectivity index (χ0n) is 14.4. The van der Waals surface area contributed by atoms with Crippen LogP contribution in [0.4, 0.5) is 10.8 Å². The lowest BCUT2D eigenvalue weighted by Crippen LogP contribution is -2.36. The Bertz CT molecular complexity index is 935. The van der Waals surface area contributed by atoms with Crippen LogP contribution in [0.25, 0.3) is 10.2 Å². The van der Waals surface area contributed by atoms with E-state index >= 15 is 0 Å². The number of anilines is 2. The van der Waals surface area contributed by atoms with Gasteiger partial charge in [-0.1, -0.05) is 23.5 Å². The van der Waals surface area contributed by atoms with Crippen molar-refractivity contribution in [3.8, 4) is 5.75 Å². The van der Waals surface area contributed by atoms with E-state index in [1.54, 1.807) is 19.2 Å². The second-order valence-corrected chi connectivity index (χ2v) is 6.96. The highest BCUT2D eigenvalue weighted by Crippen LogP contribution is 2.30. The molecule has 0 unspecified atom stereocenters. The highest BCUT2D eigenvalue weighted by atomic mass is 32.1. The van der Waals surface area contributed by atoms with Crippen molar-refractivity contribution in [1.82, 2.24) is 4.98 Å². The minimum atomic E-state index is -0.227. The molecule has 3 aromatic rings. The normalized spacial score (nSPS) is 14.4. The Morgan fingerprint density at radius 3 is 2.85 bits per heavy atom. The number of hydrogen-bond acceptors (Lipinski definition) is 6. The van der Waals surface area contributed by atoms with Crippen LogP contribution in [0.1, 0.15) is 10.4 Å². The van der Waals surface area contributed by atoms with Crippen LogP contribution in [0.5, 0.6) is 5.75 Å². The molecule has 1 fully saturated rings. The first-order valence-electron chi connectivity index (χ1n) is 8.42. The summed E-state index contributed by atoms with van der Waals surface area (Å²) in [4.78, 5) is 19.4. The summed E-state index contributed by atoms with van der Waals surface area (Å²) in [6, 6.07) is 13.3. The number of rotatable bonds is 4. The first kappa shape index (κ1) is 16.8. The number of benzene rings is 2. The van der Waals surface area contributed by atoms with Gasteiger partial charge in [0.25, 0.3) is 5.91 Å². The average Bonchev–Trinajstić information content (AvgIpc) is 3.09. The number of ether oxygens (including phenoxy) is 2. The molecule has 1 saturated heterocycles. The number of thiazole rings is 1. The van der Waals surface area contributed by atoms with Gasteiger partial charge in [0.15, 0.2) is 5.13 Å². The maximum atomic E-state index is 12.5. The van der Waals surface area contributed by atoms with Gasteiger partial charge in [0.1, 0.15) is 5.75 Å². The van der Waals surface area contributed by atoms with Crippen molar-refractivity contribution in [1.29, 1.82) is 0 Å². The van der Waals surface area contributed by atoms with Gasteiger partial charge in [-0.2, -0.15) is 0 Å². The standard InChI is InChI=1S/C19H19N3O3S/c1-24-16-5-3-2-4-14(16)18(23)21-19-20-15-7-6-13(12-17(15)26-19)22-8-10-25-11-9-22/h2-7,12H,8-11H2,1H3,(H,20,21,23). The van der Waals surface area contributed by atoms with E-state index in [9.17, 15) is 4.79 Å². The molecule has 0 atom stereocenters. The molecule has 4 rings (SSSR count). The minimum Gasteiger partial charge on any atom is -0.496 e. The summed E-state index contributed by atoms with van der Waals surface area (Å²) < 4.78 is 11.7. The molecule has 6 nitrogen and oxygen atoms in total. The molecule has 2 heterocycles. The predicted molar refractivity (Wildman–Crippen MR) is 104 cm³/mol. The summed E-state index contributed by atoms with van der Waals surface area (Å²) in [7, 11) is 1.55. The van der Waals surface area contributed by atoms with E-state index in [-0.39, 0.29) is 5.91 Å². The molecule has 1 N–H and O–H groups in total. The fourth-order valence-corrected chi connectivity index (χ4v) is 3.88. The Balaban J connectivity index is 1.56. The van der Waals surface area contributed by atoms with Gasteiger partial charge in [-0.3, -0.25) is 10.1 Å². The average molecular weight is 369 g/mol. The van der Waals surface area contributed by atoms with Gasteiger partial charge in [0.05, 0.1) is 36.1 Å². The van der Waals surface area contributed by atoms with E-state index in [0.717, 1.165) is 42.2 Å². The number of para-hydroxylation sites is 1. The van der Waals surface area contributed by atoms with Crippen molar-refractivity contribution in [3.63, 3.8) is 0 Å². The number of amides is 1. The van der Waals surface area contributed by atoms with Crippen molar-refractivity contribution >= 4 is 38.3 Å². The molecular formula is C19H19N3O3S. The lowest BCUT2D eigenvalue weighted by Gasteiger charge is -2.28. The van der Waals surface area contributed by atoms with E-state index in [1.165, 1.54) is 11.3 Å². The predicted octanol–water partition coefficient (Wildman–Crippen LogP) is 3.39. The third-order valence-electron chi connectivity index (χ3n) is 4.32. The highest BCUT2D eigenvalue weighted by molar-refractivity contribution is 7.22. The summed E-state index contributed by atoms with van der Waals surface area (Å²) in [5.74, 6) is 0.315. The Labute approximate surface area is 155 Å². The number of morpholine rings is 1. The third kappa shape index (κ3) is 3.36. The van der Waals surface area contributed by atoms with E-state index in [2.05, 4.69) is 27.3 Å². The summed E-state index contributed by atoms with van der Waals surface area (Å²) >= 11 is 1.47. The van der Waals surface area contributed by atoms with Gasteiger partial charge in [-0.15, -0.1) is 0 Å². The molecule has 0 spiro atoms. The number of carbonyl (C=O) groups is 1. The summed E-state index contributed by atoms with van der Waals surface area (Å²) in [5.41, 5.74) is 2.53. The van der Waals surface area contributed by atoms with Crippen LogP contribution in [-0.2, 0) is 4.74 Å². The number of fused-ring (bicyclic) bond motifs is 1. The van der Waals surface area contributed by atoms with Crippen LogP contribution in [0.15, 0.2) is 42.5 Å². The van der Waals surface area contributed by atoms with Gasteiger partial charge in [-0.25, -0.2) is 4.98 Å². The maximum Gasteiger partial charge on any atom is 0.261 e. The molecule has 1 aromatic heterocycles. The molecule has 0 aliphatic carbocycles. The number of nitrogens with zero attached hydrogens (tertiary/aromatic N) is 2. The Morgan fingerprint density at radius 1 is 1.23 bits per heavy atom. The number of carbonyl (C=O) groups excluding carboxylic acids is 1. The van der Waals surface area contributed by atoms with Crippen LogP contribution in [0, 0.1) is 0 Å². The Morgan fingerprint density at radius 2 is 2.04 bits per heavy atom.